The molecule has 0 saturated heterocycles. The Morgan fingerprint density at radius 1 is 1.38 bits per heavy atom. The highest BCUT2D eigenvalue weighted by atomic mass is 32.1. The number of thiocarbonyl (C=S) groups is 1. The second-order valence-corrected chi connectivity index (χ2v) is 6.57. The van der Waals surface area contributed by atoms with E-state index in [0.29, 0.717) is 29.1 Å². The Balaban J connectivity index is 2.03. The standard InChI is InChI=1S/C17H28N4O2S/c1-3-5-11-21-12-14(16(22)23-4-2)15(20-21)19-17(24)18-13-9-7-6-8-10-13/h12-13H,3-11H2,1-2H3,(H2,18,19,20,24). The van der Waals surface area contributed by atoms with Crippen molar-refractivity contribution in [3.8, 4) is 0 Å². The van der Waals surface area contributed by atoms with E-state index < -0.39 is 0 Å². The molecule has 0 unspecified atom stereocenters. The van der Waals surface area contributed by atoms with Crippen LogP contribution in [-0.2, 0) is 11.3 Å². The van der Waals surface area contributed by atoms with Crippen LogP contribution in [0.4, 0.5) is 5.82 Å². The van der Waals surface area contributed by atoms with Crippen LogP contribution < -0.4 is 10.6 Å². The zero-order chi connectivity index (χ0) is 17.4. The smallest absolute Gasteiger partial charge is 0.343 e. The molecule has 7 heteroatoms. The maximum atomic E-state index is 12.1. The van der Waals surface area contributed by atoms with E-state index in [-0.39, 0.29) is 5.97 Å². The summed E-state index contributed by atoms with van der Waals surface area (Å²) in [4.78, 5) is 12.1. The van der Waals surface area contributed by atoms with Gasteiger partial charge in [0, 0.05) is 18.8 Å². The number of esters is 1. The fourth-order valence-corrected chi connectivity index (χ4v) is 3.15. The molecular formula is C17H28N4O2S. The highest BCUT2D eigenvalue weighted by molar-refractivity contribution is 7.80. The predicted molar refractivity (Wildman–Crippen MR) is 99.3 cm³/mol. The molecular weight excluding hydrogens is 324 g/mol. The Kier molecular flexibility index (Phi) is 7.49. The number of rotatable bonds is 7. The first-order valence-electron chi connectivity index (χ1n) is 8.96. The highest BCUT2D eigenvalue weighted by Crippen LogP contribution is 2.19. The van der Waals surface area contributed by atoms with E-state index in [2.05, 4.69) is 22.7 Å². The first-order chi connectivity index (χ1) is 11.6. The highest BCUT2D eigenvalue weighted by Gasteiger charge is 2.20. The van der Waals surface area contributed by atoms with Gasteiger partial charge < -0.3 is 15.4 Å². The molecule has 1 saturated carbocycles. The average molecular weight is 353 g/mol. The van der Waals surface area contributed by atoms with Crippen LogP contribution in [0.25, 0.3) is 0 Å². The molecule has 6 nitrogen and oxygen atoms in total. The Labute approximate surface area is 149 Å². The summed E-state index contributed by atoms with van der Waals surface area (Å²) in [6, 6.07) is 0.409. The summed E-state index contributed by atoms with van der Waals surface area (Å²) < 4.78 is 6.90. The van der Waals surface area contributed by atoms with Gasteiger partial charge in [-0.15, -0.1) is 0 Å². The Bertz CT molecular complexity index is 553. The van der Waals surface area contributed by atoms with Crippen molar-refractivity contribution in [2.75, 3.05) is 11.9 Å². The molecule has 1 heterocycles. The van der Waals surface area contributed by atoms with E-state index in [1.54, 1.807) is 17.8 Å². The van der Waals surface area contributed by atoms with Gasteiger partial charge in [-0.25, -0.2) is 4.79 Å². The van der Waals surface area contributed by atoms with Crippen molar-refractivity contribution in [2.45, 2.75) is 71.4 Å². The van der Waals surface area contributed by atoms with E-state index in [1.807, 2.05) is 0 Å². The second-order valence-electron chi connectivity index (χ2n) is 6.16. The maximum absolute atomic E-state index is 12.1. The molecule has 2 rings (SSSR count). The van der Waals surface area contributed by atoms with Crippen molar-refractivity contribution < 1.29 is 9.53 Å². The molecule has 0 bridgehead atoms. The molecule has 0 atom stereocenters. The molecule has 0 radical (unpaired) electrons. The van der Waals surface area contributed by atoms with Crippen molar-refractivity contribution >= 4 is 29.1 Å². The maximum Gasteiger partial charge on any atom is 0.343 e. The number of anilines is 1. The Morgan fingerprint density at radius 3 is 2.79 bits per heavy atom. The van der Waals surface area contributed by atoms with Gasteiger partial charge in [0.1, 0.15) is 5.56 Å². The number of aryl methyl sites for hydroxylation is 1. The Hall–Kier alpha value is -1.63. The monoisotopic (exact) mass is 352 g/mol. The number of unbranched alkanes of at least 4 members (excludes halogenated alkanes) is 1. The summed E-state index contributed by atoms with van der Waals surface area (Å²) >= 11 is 5.40. The normalized spacial score (nSPS) is 15.1. The molecule has 0 spiro atoms. The van der Waals surface area contributed by atoms with E-state index in [1.165, 1.54) is 19.3 Å². The van der Waals surface area contributed by atoms with Gasteiger partial charge in [0.25, 0.3) is 0 Å². The molecule has 134 valence electrons. The molecule has 24 heavy (non-hydrogen) atoms. The second kappa shape index (κ2) is 9.61. The van der Waals surface area contributed by atoms with Crippen molar-refractivity contribution in [2.24, 2.45) is 0 Å². The summed E-state index contributed by atoms with van der Waals surface area (Å²) in [6.45, 7) is 5.02. The largest absolute Gasteiger partial charge is 0.462 e. The molecule has 1 aromatic heterocycles. The minimum absolute atomic E-state index is 0.336. The lowest BCUT2D eigenvalue weighted by Gasteiger charge is -2.24. The summed E-state index contributed by atoms with van der Waals surface area (Å²) in [5.74, 6) is 0.0982. The molecule has 1 aliphatic rings. The first kappa shape index (κ1) is 18.7. The van der Waals surface area contributed by atoms with Gasteiger partial charge in [-0.3, -0.25) is 4.68 Å². The quantitative estimate of drug-likeness (QED) is 0.578. The number of hydrogen-bond acceptors (Lipinski definition) is 4. The molecule has 1 aromatic rings. The van der Waals surface area contributed by atoms with Crippen molar-refractivity contribution in [3.63, 3.8) is 0 Å². The zero-order valence-electron chi connectivity index (χ0n) is 14.6. The third-order valence-electron chi connectivity index (χ3n) is 4.17. The third kappa shape index (κ3) is 5.47. The minimum atomic E-state index is -0.372. The molecule has 0 amide bonds. The molecule has 1 fully saturated rings. The summed E-state index contributed by atoms with van der Waals surface area (Å²) in [7, 11) is 0. The zero-order valence-corrected chi connectivity index (χ0v) is 15.5. The van der Waals surface area contributed by atoms with Crippen LogP contribution in [0.5, 0.6) is 0 Å². The predicted octanol–water partition coefficient (Wildman–Crippen LogP) is 3.48. The van der Waals surface area contributed by atoms with E-state index in [9.17, 15) is 4.79 Å². The fraction of sp³-hybridized carbons (Fsp3) is 0.706. The van der Waals surface area contributed by atoms with Gasteiger partial charge >= 0.3 is 5.97 Å². The van der Waals surface area contributed by atoms with E-state index in [4.69, 9.17) is 17.0 Å². The van der Waals surface area contributed by atoms with Gasteiger partial charge in [0.2, 0.25) is 0 Å². The number of carbonyl (C=O) groups is 1. The van der Waals surface area contributed by atoms with Crippen LogP contribution in [0.15, 0.2) is 6.20 Å². The van der Waals surface area contributed by atoms with Crippen LogP contribution >= 0.6 is 12.2 Å². The van der Waals surface area contributed by atoms with Crippen LogP contribution in [0.1, 0.15) is 69.2 Å². The van der Waals surface area contributed by atoms with Crippen molar-refractivity contribution in [3.05, 3.63) is 11.8 Å². The lowest BCUT2D eigenvalue weighted by molar-refractivity contribution is 0.0527. The van der Waals surface area contributed by atoms with Crippen LogP contribution in [-0.4, -0.2) is 33.5 Å². The molecule has 1 aliphatic carbocycles. The lowest BCUT2D eigenvalue weighted by atomic mass is 9.96. The number of hydrogen-bond donors (Lipinski definition) is 2. The Morgan fingerprint density at radius 2 is 2.12 bits per heavy atom. The van der Waals surface area contributed by atoms with Crippen molar-refractivity contribution in [1.82, 2.24) is 15.1 Å². The van der Waals surface area contributed by atoms with Gasteiger partial charge in [-0.05, 0) is 38.4 Å². The van der Waals surface area contributed by atoms with Gasteiger partial charge in [-0.2, -0.15) is 5.10 Å². The molecule has 0 aromatic carbocycles. The number of ether oxygens (including phenoxy) is 1. The average Bonchev–Trinajstić information content (AvgIpc) is 2.96. The number of carbonyl (C=O) groups excluding carboxylic acids is 1. The van der Waals surface area contributed by atoms with Gasteiger partial charge in [0.05, 0.1) is 6.61 Å². The molecule has 2 N–H and O–H groups in total. The van der Waals surface area contributed by atoms with Crippen molar-refractivity contribution in [1.29, 1.82) is 0 Å². The van der Waals surface area contributed by atoms with E-state index >= 15 is 0 Å². The number of aromatic nitrogens is 2. The third-order valence-corrected chi connectivity index (χ3v) is 4.39. The van der Waals surface area contributed by atoms with Gasteiger partial charge in [-0.1, -0.05) is 32.6 Å². The first-order valence-corrected chi connectivity index (χ1v) is 9.37. The van der Waals surface area contributed by atoms with E-state index in [0.717, 1.165) is 32.2 Å². The minimum Gasteiger partial charge on any atom is -0.462 e. The van der Waals surface area contributed by atoms with Crippen LogP contribution in [0, 0.1) is 0 Å². The SMILES string of the molecule is CCCCn1cc(C(=O)OCC)c(NC(=S)NC2CCCCC2)n1. The summed E-state index contributed by atoms with van der Waals surface area (Å²) in [6.07, 6.45) is 9.86. The summed E-state index contributed by atoms with van der Waals surface area (Å²) in [5.41, 5.74) is 0.431. The fourth-order valence-electron chi connectivity index (χ4n) is 2.88. The van der Waals surface area contributed by atoms with Crippen LogP contribution in [0.2, 0.25) is 0 Å². The topological polar surface area (TPSA) is 68.2 Å². The number of nitrogens with one attached hydrogen (secondary N) is 2. The lowest BCUT2D eigenvalue weighted by Crippen LogP contribution is -2.39. The van der Waals surface area contributed by atoms with Gasteiger partial charge in [0.15, 0.2) is 10.9 Å². The number of nitrogens with zero attached hydrogens (tertiary/aromatic N) is 2. The van der Waals surface area contributed by atoms with Crippen LogP contribution in [0.3, 0.4) is 0 Å². The molecule has 0 aliphatic heterocycles. The summed E-state index contributed by atoms with van der Waals surface area (Å²) in [5, 5.41) is 11.4.